The fourth-order valence-corrected chi connectivity index (χ4v) is 2.07. The highest BCUT2D eigenvalue weighted by atomic mass is 19.1. The maximum atomic E-state index is 12.9. The number of nitrogens with one attached hydrogen (secondary N) is 1. The lowest BCUT2D eigenvalue weighted by molar-refractivity contribution is -0.385. The largest absolute Gasteiger partial charge is 0.354 e. The molecule has 2 rings (SSSR count). The molecule has 0 radical (unpaired) electrons. The number of benzene rings is 1. The van der Waals surface area contributed by atoms with Gasteiger partial charge in [0.15, 0.2) is 0 Å². The van der Waals surface area contributed by atoms with Crippen LogP contribution in [0.1, 0.15) is 11.1 Å². The maximum absolute atomic E-state index is 12.9. The Morgan fingerprint density at radius 1 is 1.42 bits per heavy atom. The summed E-state index contributed by atoms with van der Waals surface area (Å²) in [6, 6.07) is 4.16. The van der Waals surface area contributed by atoms with Crippen molar-refractivity contribution in [2.45, 2.75) is 13.2 Å². The number of nitro benzene ring substituents is 1. The van der Waals surface area contributed by atoms with Gasteiger partial charge < -0.3 is 5.32 Å². The van der Waals surface area contributed by atoms with Crippen LogP contribution >= 0.6 is 0 Å². The van der Waals surface area contributed by atoms with Crippen LogP contribution in [0.4, 0.5) is 10.1 Å². The zero-order chi connectivity index (χ0) is 13.8. The van der Waals surface area contributed by atoms with Crippen LogP contribution < -0.4 is 5.32 Å². The average Bonchev–Trinajstić information content (AvgIpc) is 2.39. The van der Waals surface area contributed by atoms with Crippen molar-refractivity contribution in [1.29, 1.82) is 0 Å². The molecule has 6 nitrogen and oxygen atoms in total. The highest BCUT2D eigenvalue weighted by Crippen LogP contribution is 2.20. The van der Waals surface area contributed by atoms with E-state index in [0.717, 1.165) is 0 Å². The predicted molar refractivity (Wildman–Crippen MR) is 66.2 cm³/mol. The smallest absolute Gasteiger partial charge is 0.269 e. The summed E-state index contributed by atoms with van der Waals surface area (Å²) in [7, 11) is 0. The van der Waals surface area contributed by atoms with Gasteiger partial charge in [-0.3, -0.25) is 19.8 Å². The van der Waals surface area contributed by atoms with Gasteiger partial charge in [0.1, 0.15) is 6.67 Å². The molecule has 1 amide bonds. The van der Waals surface area contributed by atoms with E-state index in [2.05, 4.69) is 5.32 Å². The number of hydrogen-bond acceptors (Lipinski definition) is 4. The molecule has 1 aliphatic rings. The Morgan fingerprint density at radius 2 is 2.21 bits per heavy atom. The van der Waals surface area contributed by atoms with Gasteiger partial charge in [-0.25, -0.2) is 4.39 Å². The van der Waals surface area contributed by atoms with Crippen LogP contribution in [0.25, 0.3) is 0 Å². The van der Waals surface area contributed by atoms with Crippen molar-refractivity contribution in [3.63, 3.8) is 0 Å². The number of nitrogens with zero attached hydrogens (tertiary/aromatic N) is 2. The van der Waals surface area contributed by atoms with Crippen LogP contribution in [0, 0.1) is 10.1 Å². The van der Waals surface area contributed by atoms with Crippen molar-refractivity contribution >= 4 is 11.6 Å². The molecule has 1 aliphatic heterocycles. The number of hydrogen-bond donors (Lipinski definition) is 1. The van der Waals surface area contributed by atoms with Gasteiger partial charge in [0.05, 0.1) is 11.5 Å². The standard InChI is InChI=1S/C12H14FN3O3/c13-6-10-5-11(16(18)19)2-1-9(10)7-15-4-3-14-12(17)8-15/h1-2,5H,3-4,6-8H2,(H,14,17). The first-order chi connectivity index (χ1) is 9.10. The molecule has 0 unspecified atom stereocenters. The van der Waals surface area contributed by atoms with E-state index < -0.39 is 11.6 Å². The zero-order valence-corrected chi connectivity index (χ0v) is 10.3. The van der Waals surface area contributed by atoms with E-state index in [1.54, 1.807) is 6.07 Å². The minimum atomic E-state index is -0.753. The number of alkyl halides is 1. The molecule has 0 saturated carbocycles. The molecule has 0 bridgehead atoms. The molecule has 1 heterocycles. The number of halogens is 1. The minimum Gasteiger partial charge on any atom is -0.354 e. The number of carbonyl (C=O) groups excluding carboxylic acids is 1. The van der Waals surface area contributed by atoms with Gasteiger partial charge >= 0.3 is 0 Å². The minimum absolute atomic E-state index is 0.0602. The van der Waals surface area contributed by atoms with Gasteiger partial charge in [0.25, 0.3) is 5.69 Å². The van der Waals surface area contributed by atoms with Gasteiger partial charge in [-0.05, 0) is 11.1 Å². The van der Waals surface area contributed by atoms with Gasteiger partial charge in [0.2, 0.25) is 5.91 Å². The second kappa shape index (κ2) is 5.75. The Morgan fingerprint density at radius 3 is 2.84 bits per heavy atom. The van der Waals surface area contributed by atoms with E-state index >= 15 is 0 Å². The van der Waals surface area contributed by atoms with Gasteiger partial charge in [-0.2, -0.15) is 0 Å². The SMILES string of the molecule is O=C1CN(Cc2ccc([N+](=O)[O-])cc2CF)CCN1. The third kappa shape index (κ3) is 3.25. The summed E-state index contributed by atoms with van der Waals surface area (Å²) in [5, 5.41) is 13.3. The van der Waals surface area contributed by atoms with E-state index in [1.165, 1.54) is 12.1 Å². The average molecular weight is 267 g/mol. The molecule has 19 heavy (non-hydrogen) atoms. The molecule has 0 atom stereocenters. The fourth-order valence-electron chi connectivity index (χ4n) is 2.07. The summed E-state index contributed by atoms with van der Waals surface area (Å²) in [4.78, 5) is 23.2. The first-order valence-electron chi connectivity index (χ1n) is 5.91. The van der Waals surface area contributed by atoms with E-state index in [4.69, 9.17) is 0 Å². The lowest BCUT2D eigenvalue weighted by Gasteiger charge is -2.26. The lowest BCUT2D eigenvalue weighted by Crippen LogP contribution is -2.47. The summed E-state index contributed by atoms with van der Waals surface area (Å²) in [6.45, 7) is 1.19. The molecule has 1 aromatic carbocycles. The first-order valence-corrected chi connectivity index (χ1v) is 5.91. The number of non-ortho nitro benzene ring substituents is 1. The maximum Gasteiger partial charge on any atom is 0.269 e. The Kier molecular flexibility index (Phi) is 4.06. The lowest BCUT2D eigenvalue weighted by atomic mass is 10.1. The molecule has 1 saturated heterocycles. The molecule has 0 aliphatic carbocycles. The fraction of sp³-hybridized carbons (Fsp3) is 0.417. The van der Waals surface area contributed by atoms with Crippen molar-refractivity contribution in [1.82, 2.24) is 10.2 Å². The van der Waals surface area contributed by atoms with Gasteiger partial charge in [-0.1, -0.05) is 6.07 Å². The topological polar surface area (TPSA) is 75.5 Å². The van der Waals surface area contributed by atoms with Gasteiger partial charge in [0, 0.05) is 31.8 Å². The highest BCUT2D eigenvalue weighted by molar-refractivity contribution is 5.78. The summed E-state index contributed by atoms with van der Waals surface area (Å²) in [6.07, 6.45) is 0. The summed E-state index contributed by atoms with van der Waals surface area (Å²) in [5.41, 5.74) is 0.871. The summed E-state index contributed by atoms with van der Waals surface area (Å²) >= 11 is 0. The molecule has 1 aromatic rings. The van der Waals surface area contributed by atoms with Crippen molar-refractivity contribution < 1.29 is 14.1 Å². The number of piperazine rings is 1. The van der Waals surface area contributed by atoms with E-state index in [1.807, 2.05) is 4.90 Å². The summed E-state index contributed by atoms with van der Waals surface area (Å²) < 4.78 is 12.9. The van der Waals surface area contributed by atoms with Crippen LogP contribution in [-0.4, -0.2) is 35.4 Å². The molecule has 7 heteroatoms. The Balaban J connectivity index is 2.15. The van der Waals surface area contributed by atoms with Crippen molar-refractivity contribution in [3.05, 3.63) is 39.4 Å². The molecular weight excluding hydrogens is 253 g/mol. The number of nitro groups is 1. The normalized spacial score (nSPS) is 16.2. The number of rotatable bonds is 4. The second-order valence-corrected chi connectivity index (χ2v) is 4.40. The molecule has 0 aromatic heterocycles. The number of amides is 1. The highest BCUT2D eigenvalue weighted by Gasteiger charge is 2.18. The van der Waals surface area contributed by atoms with Crippen molar-refractivity contribution in [2.24, 2.45) is 0 Å². The first kappa shape index (κ1) is 13.4. The molecule has 1 fully saturated rings. The molecule has 0 spiro atoms. The monoisotopic (exact) mass is 267 g/mol. The quantitative estimate of drug-likeness (QED) is 0.652. The van der Waals surface area contributed by atoms with Gasteiger partial charge in [-0.15, -0.1) is 0 Å². The number of carbonyl (C=O) groups is 1. The molecular formula is C12H14FN3O3. The van der Waals surface area contributed by atoms with Crippen LogP contribution in [0.3, 0.4) is 0 Å². The Bertz CT molecular complexity index is 507. The van der Waals surface area contributed by atoms with Crippen LogP contribution in [0.15, 0.2) is 18.2 Å². The van der Waals surface area contributed by atoms with E-state index in [-0.39, 0.29) is 18.1 Å². The van der Waals surface area contributed by atoms with Crippen LogP contribution in [0.5, 0.6) is 0 Å². The van der Waals surface area contributed by atoms with E-state index in [0.29, 0.717) is 30.8 Å². The van der Waals surface area contributed by atoms with Crippen LogP contribution in [0.2, 0.25) is 0 Å². The summed E-state index contributed by atoms with van der Waals surface area (Å²) in [5.74, 6) is -0.0602. The Labute approximate surface area is 109 Å². The van der Waals surface area contributed by atoms with Crippen molar-refractivity contribution in [3.8, 4) is 0 Å². The second-order valence-electron chi connectivity index (χ2n) is 4.40. The van der Waals surface area contributed by atoms with Crippen molar-refractivity contribution in [2.75, 3.05) is 19.6 Å². The zero-order valence-electron chi connectivity index (χ0n) is 10.3. The Hall–Kier alpha value is -2.02. The molecule has 102 valence electrons. The third-order valence-corrected chi connectivity index (χ3v) is 3.06. The van der Waals surface area contributed by atoms with E-state index in [9.17, 15) is 19.3 Å². The van der Waals surface area contributed by atoms with Crippen LogP contribution in [-0.2, 0) is 18.0 Å². The third-order valence-electron chi connectivity index (χ3n) is 3.06. The molecule has 1 N–H and O–H groups in total. The predicted octanol–water partition coefficient (Wildman–Crippen LogP) is 0.996.